The third-order valence-electron chi connectivity index (χ3n) is 2.22. The fraction of sp³-hybridized carbons (Fsp3) is 0.625. The van der Waals surface area contributed by atoms with Crippen molar-refractivity contribution in [1.29, 1.82) is 0 Å². The van der Waals surface area contributed by atoms with Gasteiger partial charge in [0.1, 0.15) is 0 Å². The molecule has 1 saturated carbocycles. The van der Waals surface area contributed by atoms with Crippen LogP contribution in [0.2, 0.25) is 0 Å². The first-order valence-electron chi connectivity index (χ1n) is 3.97. The van der Waals surface area contributed by atoms with Crippen LogP contribution in [-0.4, -0.2) is 20.3 Å². The molecule has 0 atom stereocenters. The maximum Gasteiger partial charge on any atom is 0.0945 e. The molecule has 0 aromatic carbocycles. The third kappa shape index (κ3) is 1.60. The van der Waals surface area contributed by atoms with Crippen LogP contribution in [0.5, 0.6) is 0 Å². The Kier molecular flexibility index (Phi) is 1.46. The topological polar surface area (TPSA) is 38.0 Å². The molecule has 1 heterocycles. The van der Waals surface area contributed by atoms with Gasteiger partial charge in [-0.25, -0.2) is 4.98 Å². The minimum absolute atomic E-state index is 0.329. The Morgan fingerprint density at radius 1 is 1.55 bits per heavy atom. The van der Waals surface area contributed by atoms with Crippen molar-refractivity contribution in [2.24, 2.45) is 0 Å². The Bertz CT molecular complexity index is 226. The Balaban J connectivity index is 1.83. The molecule has 0 amide bonds. The van der Waals surface area contributed by atoms with Crippen molar-refractivity contribution in [3.63, 3.8) is 0 Å². The zero-order chi connectivity index (χ0) is 7.73. The number of hydrogen-bond donors (Lipinski definition) is 1. The number of imidazole rings is 1. The summed E-state index contributed by atoms with van der Waals surface area (Å²) in [6.45, 7) is 0.885. The number of nitrogens with zero attached hydrogens (tertiary/aromatic N) is 2. The van der Waals surface area contributed by atoms with Crippen molar-refractivity contribution in [2.75, 3.05) is 0 Å². The predicted octanol–water partition coefficient (Wildman–Crippen LogP) is 0.798. The van der Waals surface area contributed by atoms with Crippen LogP contribution in [0.3, 0.4) is 0 Å². The summed E-state index contributed by atoms with van der Waals surface area (Å²) in [5, 5.41) is 9.49. The van der Waals surface area contributed by atoms with Crippen LogP contribution in [0.4, 0.5) is 0 Å². The van der Waals surface area contributed by atoms with E-state index in [-0.39, 0.29) is 5.60 Å². The summed E-state index contributed by atoms with van der Waals surface area (Å²) in [6.07, 6.45) is 8.28. The first kappa shape index (κ1) is 6.85. The molecule has 1 fully saturated rings. The van der Waals surface area contributed by atoms with Crippen LogP contribution in [0.1, 0.15) is 19.3 Å². The summed E-state index contributed by atoms with van der Waals surface area (Å²) in [7, 11) is 0. The molecular formula is C8H12N2O. The van der Waals surface area contributed by atoms with Crippen molar-refractivity contribution in [3.8, 4) is 0 Å². The zero-order valence-electron chi connectivity index (χ0n) is 6.40. The maximum atomic E-state index is 9.49. The quantitative estimate of drug-likeness (QED) is 0.695. The molecule has 3 heteroatoms. The molecule has 1 aliphatic carbocycles. The summed E-state index contributed by atoms with van der Waals surface area (Å²) in [6, 6.07) is 0. The van der Waals surface area contributed by atoms with E-state index in [0.717, 1.165) is 25.8 Å². The molecule has 0 unspecified atom stereocenters. The number of hydrogen-bond acceptors (Lipinski definition) is 2. The van der Waals surface area contributed by atoms with Gasteiger partial charge in [-0.1, -0.05) is 0 Å². The number of aryl methyl sites for hydroxylation is 1. The van der Waals surface area contributed by atoms with Crippen LogP contribution in [0.25, 0.3) is 0 Å². The fourth-order valence-electron chi connectivity index (χ4n) is 1.15. The highest BCUT2D eigenvalue weighted by molar-refractivity contribution is 4.93. The van der Waals surface area contributed by atoms with Crippen molar-refractivity contribution in [2.45, 2.75) is 31.4 Å². The molecule has 3 nitrogen and oxygen atoms in total. The van der Waals surface area contributed by atoms with Gasteiger partial charge >= 0.3 is 0 Å². The Labute approximate surface area is 65.7 Å². The van der Waals surface area contributed by atoms with E-state index >= 15 is 0 Å². The van der Waals surface area contributed by atoms with Crippen molar-refractivity contribution < 1.29 is 5.11 Å². The maximum absolute atomic E-state index is 9.49. The molecule has 0 aliphatic heterocycles. The molecular weight excluding hydrogens is 140 g/mol. The van der Waals surface area contributed by atoms with E-state index in [9.17, 15) is 5.11 Å². The Morgan fingerprint density at radius 3 is 2.91 bits per heavy atom. The number of rotatable bonds is 3. The van der Waals surface area contributed by atoms with Gasteiger partial charge < -0.3 is 9.67 Å². The summed E-state index contributed by atoms with van der Waals surface area (Å²) in [5.74, 6) is 0. The molecule has 1 N–H and O–H groups in total. The highest BCUT2D eigenvalue weighted by Gasteiger charge is 2.39. The van der Waals surface area contributed by atoms with Gasteiger partial charge in [-0.3, -0.25) is 0 Å². The lowest BCUT2D eigenvalue weighted by molar-refractivity contribution is 0.134. The Hall–Kier alpha value is -0.830. The minimum atomic E-state index is -0.329. The lowest BCUT2D eigenvalue weighted by atomic mass is 10.2. The van der Waals surface area contributed by atoms with Gasteiger partial charge in [-0.05, 0) is 19.3 Å². The molecule has 0 bridgehead atoms. The molecule has 1 aromatic heterocycles. The van der Waals surface area contributed by atoms with Crippen LogP contribution >= 0.6 is 0 Å². The molecule has 1 aliphatic rings. The second-order valence-electron chi connectivity index (χ2n) is 3.27. The average Bonchev–Trinajstić information content (AvgIpc) is 2.53. The van der Waals surface area contributed by atoms with E-state index < -0.39 is 0 Å². The van der Waals surface area contributed by atoms with Crippen LogP contribution < -0.4 is 0 Å². The zero-order valence-corrected chi connectivity index (χ0v) is 6.40. The van der Waals surface area contributed by atoms with E-state index in [0.29, 0.717) is 0 Å². The van der Waals surface area contributed by atoms with Gasteiger partial charge in [-0.15, -0.1) is 0 Å². The summed E-state index contributed by atoms with van der Waals surface area (Å²) < 4.78 is 2.00. The number of aromatic nitrogens is 2. The van der Waals surface area contributed by atoms with Gasteiger partial charge in [0.15, 0.2) is 0 Å². The second-order valence-corrected chi connectivity index (χ2v) is 3.27. The van der Waals surface area contributed by atoms with E-state index in [2.05, 4.69) is 4.98 Å². The van der Waals surface area contributed by atoms with Gasteiger partial charge in [0, 0.05) is 18.9 Å². The van der Waals surface area contributed by atoms with Crippen LogP contribution in [0.15, 0.2) is 18.7 Å². The second kappa shape index (κ2) is 2.34. The highest BCUT2D eigenvalue weighted by atomic mass is 16.3. The molecule has 1 aromatic rings. The van der Waals surface area contributed by atoms with E-state index in [4.69, 9.17) is 0 Å². The first-order chi connectivity index (χ1) is 5.29. The molecule has 60 valence electrons. The van der Waals surface area contributed by atoms with Crippen LogP contribution in [-0.2, 0) is 6.54 Å². The molecule has 11 heavy (non-hydrogen) atoms. The highest BCUT2D eigenvalue weighted by Crippen LogP contribution is 2.38. The van der Waals surface area contributed by atoms with Gasteiger partial charge in [0.2, 0.25) is 0 Å². The monoisotopic (exact) mass is 152 g/mol. The Morgan fingerprint density at radius 2 is 2.36 bits per heavy atom. The summed E-state index contributed by atoms with van der Waals surface area (Å²) >= 11 is 0. The largest absolute Gasteiger partial charge is 0.390 e. The molecule has 0 saturated heterocycles. The summed E-state index contributed by atoms with van der Waals surface area (Å²) in [5.41, 5.74) is -0.329. The molecule has 0 radical (unpaired) electrons. The van der Waals surface area contributed by atoms with Gasteiger partial charge in [0.05, 0.1) is 11.9 Å². The van der Waals surface area contributed by atoms with Crippen LogP contribution in [0, 0.1) is 0 Å². The van der Waals surface area contributed by atoms with Crippen molar-refractivity contribution >= 4 is 0 Å². The van der Waals surface area contributed by atoms with Crippen molar-refractivity contribution in [1.82, 2.24) is 9.55 Å². The average molecular weight is 152 g/mol. The van der Waals surface area contributed by atoms with E-state index in [1.807, 2.05) is 10.8 Å². The van der Waals surface area contributed by atoms with E-state index in [1.54, 1.807) is 12.5 Å². The van der Waals surface area contributed by atoms with E-state index in [1.165, 1.54) is 0 Å². The lowest BCUT2D eigenvalue weighted by Crippen LogP contribution is -2.10. The summed E-state index contributed by atoms with van der Waals surface area (Å²) in [4.78, 5) is 3.92. The molecule has 0 spiro atoms. The SMILES string of the molecule is OC1(CCn2ccnc2)CC1. The molecule has 2 rings (SSSR count). The number of aliphatic hydroxyl groups is 1. The standard InChI is InChI=1S/C8H12N2O/c11-8(1-2-8)3-5-10-6-4-9-7-10/h4,6-7,11H,1-3,5H2. The first-order valence-corrected chi connectivity index (χ1v) is 3.97. The fourth-order valence-corrected chi connectivity index (χ4v) is 1.15. The van der Waals surface area contributed by atoms with Crippen molar-refractivity contribution in [3.05, 3.63) is 18.7 Å². The normalized spacial score (nSPS) is 20.1. The van der Waals surface area contributed by atoms with Gasteiger partial charge in [-0.2, -0.15) is 0 Å². The predicted molar refractivity (Wildman–Crippen MR) is 41.0 cm³/mol. The smallest absolute Gasteiger partial charge is 0.0945 e. The van der Waals surface area contributed by atoms with Gasteiger partial charge in [0.25, 0.3) is 0 Å². The minimum Gasteiger partial charge on any atom is -0.390 e. The lowest BCUT2D eigenvalue weighted by Gasteiger charge is -2.06. The third-order valence-corrected chi connectivity index (χ3v) is 2.22.